The van der Waals surface area contributed by atoms with Gasteiger partial charge in [-0.05, 0) is 19.8 Å². The van der Waals surface area contributed by atoms with Crippen molar-refractivity contribution < 1.29 is 14.2 Å². The zero-order chi connectivity index (χ0) is 13.2. The minimum Gasteiger partial charge on any atom is -0.486 e. The quantitative estimate of drug-likeness (QED) is 0.818. The molecule has 1 saturated heterocycles. The molecule has 3 rings (SSSR count). The molecule has 3 N–H and O–H groups in total. The number of benzene rings is 1. The van der Waals surface area contributed by atoms with Crippen LogP contribution >= 0.6 is 0 Å². The minimum atomic E-state index is 0.229. The van der Waals surface area contributed by atoms with Gasteiger partial charge in [0, 0.05) is 24.8 Å². The highest BCUT2D eigenvalue weighted by molar-refractivity contribution is 5.72. The molecule has 1 aromatic carbocycles. The second-order valence-corrected chi connectivity index (χ2v) is 5.07. The molecule has 2 unspecified atom stereocenters. The Balaban J connectivity index is 1.76. The number of hydrogen-bond acceptors (Lipinski definition) is 5. The van der Waals surface area contributed by atoms with Crippen LogP contribution in [-0.2, 0) is 4.74 Å². The molecule has 1 fully saturated rings. The molecule has 0 saturated carbocycles. The van der Waals surface area contributed by atoms with Crippen molar-refractivity contribution in [3.8, 4) is 11.5 Å². The third-order valence-electron chi connectivity index (χ3n) is 3.62. The van der Waals surface area contributed by atoms with E-state index in [-0.39, 0.29) is 12.1 Å². The Labute approximate surface area is 113 Å². The van der Waals surface area contributed by atoms with Crippen LogP contribution in [0.4, 0.5) is 11.4 Å². The standard InChI is InChI=1S/C14H20N2O3/c1-9(12-3-2-4-17-12)16-11-8-14-13(7-10(11)15)18-5-6-19-14/h7-9,12,16H,2-6,15H2,1H3. The van der Waals surface area contributed by atoms with Gasteiger partial charge in [-0.3, -0.25) is 0 Å². The summed E-state index contributed by atoms with van der Waals surface area (Å²) in [5.41, 5.74) is 7.61. The lowest BCUT2D eigenvalue weighted by Crippen LogP contribution is -2.30. The summed E-state index contributed by atoms with van der Waals surface area (Å²) in [4.78, 5) is 0. The van der Waals surface area contributed by atoms with Crippen molar-refractivity contribution in [2.24, 2.45) is 0 Å². The number of nitrogens with two attached hydrogens (primary N) is 1. The van der Waals surface area contributed by atoms with E-state index in [0.717, 1.165) is 36.6 Å². The largest absolute Gasteiger partial charge is 0.486 e. The second-order valence-electron chi connectivity index (χ2n) is 5.07. The second kappa shape index (κ2) is 5.17. The maximum atomic E-state index is 6.05. The van der Waals surface area contributed by atoms with E-state index in [2.05, 4.69) is 12.2 Å². The van der Waals surface area contributed by atoms with Gasteiger partial charge in [0.2, 0.25) is 0 Å². The molecule has 2 aliphatic rings. The first kappa shape index (κ1) is 12.4. The number of nitrogens with one attached hydrogen (secondary N) is 1. The third-order valence-corrected chi connectivity index (χ3v) is 3.62. The molecule has 104 valence electrons. The first-order chi connectivity index (χ1) is 9.24. The smallest absolute Gasteiger partial charge is 0.163 e. The van der Waals surface area contributed by atoms with Crippen LogP contribution in [-0.4, -0.2) is 32.0 Å². The Morgan fingerprint density at radius 3 is 2.63 bits per heavy atom. The lowest BCUT2D eigenvalue weighted by atomic mass is 10.1. The fourth-order valence-corrected chi connectivity index (χ4v) is 2.56. The molecular weight excluding hydrogens is 244 g/mol. The summed E-state index contributed by atoms with van der Waals surface area (Å²) in [7, 11) is 0. The van der Waals surface area contributed by atoms with E-state index >= 15 is 0 Å². The Bertz CT molecular complexity index is 458. The number of hydrogen-bond donors (Lipinski definition) is 2. The van der Waals surface area contributed by atoms with Crippen molar-refractivity contribution in [3.05, 3.63) is 12.1 Å². The summed E-state index contributed by atoms with van der Waals surface area (Å²) in [6.07, 6.45) is 2.49. The number of rotatable bonds is 3. The van der Waals surface area contributed by atoms with Crippen LogP contribution in [0.15, 0.2) is 12.1 Å². The highest BCUT2D eigenvalue weighted by Crippen LogP contribution is 2.37. The van der Waals surface area contributed by atoms with E-state index in [9.17, 15) is 0 Å². The SMILES string of the molecule is CC(Nc1cc2c(cc1N)OCCO2)C1CCCO1. The van der Waals surface area contributed by atoms with E-state index in [1.54, 1.807) is 0 Å². The van der Waals surface area contributed by atoms with Gasteiger partial charge in [0.05, 0.1) is 17.5 Å². The molecular formula is C14H20N2O3. The molecule has 0 amide bonds. The Kier molecular flexibility index (Phi) is 3.38. The number of fused-ring (bicyclic) bond motifs is 1. The third kappa shape index (κ3) is 2.56. The highest BCUT2D eigenvalue weighted by atomic mass is 16.6. The van der Waals surface area contributed by atoms with Gasteiger partial charge >= 0.3 is 0 Å². The summed E-state index contributed by atoms with van der Waals surface area (Å²) in [5, 5.41) is 3.42. The topological polar surface area (TPSA) is 65.7 Å². The predicted molar refractivity (Wildman–Crippen MR) is 73.9 cm³/mol. The first-order valence-corrected chi connectivity index (χ1v) is 6.81. The minimum absolute atomic E-state index is 0.229. The average molecular weight is 264 g/mol. The van der Waals surface area contributed by atoms with E-state index in [0.29, 0.717) is 18.9 Å². The van der Waals surface area contributed by atoms with Gasteiger partial charge in [0.25, 0.3) is 0 Å². The molecule has 2 heterocycles. The first-order valence-electron chi connectivity index (χ1n) is 6.81. The van der Waals surface area contributed by atoms with Crippen LogP contribution in [0, 0.1) is 0 Å². The van der Waals surface area contributed by atoms with E-state index in [1.165, 1.54) is 0 Å². The fraction of sp³-hybridized carbons (Fsp3) is 0.571. The van der Waals surface area contributed by atoms with Crippen LogP contribution < -0.4 is 20.5 Å². The van der Waals surface area contributed by atoms with Crippen LogP contribution in [0.2, 0.25) is 0 Å². The molecule has 19 heavy (non-hydrogen) atoms. The maximum absolute atomic E-state index is 6.05. The van der Waals surface area contributed by atoms with Crippen LogP contribution in [0.3, 0.4) is 0 Å². The maximum Gasteiger partial charge on any atom is 0.163 e. The normalized spacial score (nSPS) is 23.1. The van der Waals surface area contributed by atoms with Crippen molar-refractivity contribution in [1.29, 1.82) is 0 Å². The average Bonchev–Trinajstić information content (AvgIpc) is 2.93. The summed E-state index contributed by atoms with van der Waals surface area (Å²) >= 11 is 0. The molecule has 0 radical (unpaired) electrons. The van der Waals surface area contributed by atoms with Crippen molar-refractivity contribution in [3.63, 3.8) is 0 Å². The van der Waals surface area contributed by atoms with Crippen LogP contribution in [0.5, 0.6) is 11.5 Å². The van der Waals surface area contributed by atoms with Crippen molar-refractivity contribution in [2.75, 3.05) is 30.9 Å². The molecule has 1 aromatic rings. The van der Waals surface area contributed by atoms with Crippen molar-refractivity contribution in [1.82, 2.24) is 0 Å². The molecule has 0 bridgehead atoms. The lowest BCUT2D eigenvalue weighted by Gasteiger charge is -2.24. The van der Waals surface area contributed by atoms with Crippen molar-refractivity contribution >= 4 is 11.4 Å². The Hall–Kier alpha value is -1.62. The monoisotopic (exact) mass is 264 g/mol. The zero-order valence-corrected chi connectivity index (χ0v) is 11.1. The predicted octanol–water partition coefficient (Wildman–Crippen LogP) is 2.02. The van der Waals surface area contributed by atoms with Gasteiger partial charge < -0.3 is 25.3 Å². The van der Waals surface area contributed by atoms with Gasteiger partial charge in [-0.25, -0.2) is 0 Å². The highest BCUT2D eigenvalue weighted by Gasteiger charge is 2.23. The molecule has 0 aliphatic carbocycles. The number of anilines is 2. The Morgan fingerprint density at radius 1 is 1.21 bits per heavy atom. The van der Waals surface area contributed by atoms with Gasteiger partial charge in [0.1, 0.15) is 13.2 Å². The molecule has 0 spiro atoms. The van der Waals surface area contributed by atoms with E-state index in [4.69, 9.17) is 19.9 Å². The van der Waals surface area contributed by atoms with Gasteiger partial charge in [-0.2, -0.15) is 0 Å². The number of nitrogen functional groups attached to an aromatic ring is 1. The summed E-state index contributed by atoms with van der Waals surface area (Å²) < 4.78 is 16.8. The molecule has 0 aromatic heterocycles. The van der Waals surface area contributed by atoms with Gasteiger partial charge in [0.15, 0.2) is 11.5 Å². The summed E-state index contributed by atoms with van der Waals surface area (Å²) in [5.74, 6) is 1.47. The number of ether oxygens (including phenoxy) is 3. The zero-order valence-electron chi connectivity index (χ0n) is 11.1. The van der Waals surface area contributed by atoms with Crippen LogP contribution in [0.1, 0.15) is 19.8 Å². The lowest BCUT2D eigenvalue weighted by molar-refractivity contribution is 0.0996. The van der Waals surface area contributed by atoms with E-state index in [1.807, 2.05) is 12.1 Å². The van der Waals surface area contributed by atoms with Crippen LogP contribution in [0.25, 0.3) is 0 Å². The summed E-state index contributed by atoms with van der Waals surface area (Å²) in [6, 6.07) is 3.96. The van der Waals surface area contributed by atoms with E-state index < -0.39 is 0 Å². The summed E-state index contributed by atoms with van der Waals surface area (Å²) in [6.45, 7) is 4.13. The Morgan fingerprint density at radius 2 is 1.95 bits per heavy atom. The fourth-order valence-electron chi connectivity index (χ4n) is 2.56. The van der Waals surface area contributed by atoms with Gasteiger partial charge in [-0.15, -0.1) is 0 Å². The molecule has 2 atom stereocenters. The van der Waals surface area contributed by atoms with Crippen molar-refractivity contribution in [2.45, 2.75) is 31.9 Å². The molecule has 5 heteroatoms. The van der Waals surface area contributed by atoms with Gasteiger partial charge in [-0.1, -0.05) is 0 Å². The molecule has 5 nitrogen and oxygen atoms in total. The molecule has 2 aliphatic heterocycles.